The second kappa shape index (κ2) is 7.26. The van der Waals surface area contributed by atoms with Crippen LogP contribution in [0, 0.1) is 24.4 Å². The molecule has 2 N–H and O–H groups in total. The van der Waals surface area contributed by atoms with Gasteiger partial charge in [-0.1, -0.05) is 0 Å². The van der Waals surface area contributed by atoms with Gasteiger partial charge in [0.15, 0.2) is 29.0 Å². The minimum absolute atomic E-state index is 0.0324. The van der Waals surface area contributed by atoms with Gasteiger partial charge in [0.25, 0.3) is 0 Å². The minimum Gasteiger partial charge on any atom is -0.486 e. The Labute approximate surface area is 158 Å². The van der Waals surface area contributed by atoms with E-state index < -0.39 is 17.5 Å². The summed E-state index contributed by atoms with van der Waals surface area (Å²) in [6, 6.07) is 8.93. The van der Waals surface area contributed by atoms with Crippen molar-refractivity contribution in [2.45, 2.75) is 6.92 Å². The molecule has 9 heteroatoms. The highest BCUT2D eigenvalue weighted by atomic mass is 19.2. The first-order valence-electron chi connectivity index (χ1n) is 8.42. The Bertz CT molecular complexity index is 1050. The Balaban J connectivity index is 1.58. The van der Waals surface area contributed by atoms with Crippen LogP contribution in [0.3, 0.4) is 0 Å². The minimum atomic E-state index is -1.56. The summed E-state index contributed by atoms with van der Waals surface area (Å²) in [5, 5.41) is 5.67. The first-order valence-corrected chi connectivity index (χ1v) is 8.42. The SMILES string of the molecule is Cc1cc(Nc2ccc3c(c2)OCCO3)nc(Nc2ccc(F)c(F)c2F)n1. The zero-order valence-electron chi connectivity index (χ0n) is 14.7. The van der Waals surface area contributed by atoms with E-state index in [1.54, 1.807) is 31.2 Å². The molecule has 0 radical (unpaired) electrons. The molecule has 2 heterocycles. The molecule has 6 nitrogen and oxygen atoms in total. The van der Waals surface area contributed by atoms with Gasteiger partial charge in [0.05, 0.1) is 5.69 Å². The van der Waals surface area contributed by atoms with Crippen LogP contribution in [-0.4, -0.2) is 23.2 Å². The first-order chi connectivity index (χ1) is 13.5. The lowest BCUT2D eigenvalue weighted by molar-refractivity contribution is 0.171. The van der Waals surface area contributed by atoms with Crippen LogP contribution in [-0.2, 0) is 0 Å². The van der Waals surface area contributed by atoms with Gasteiger partial charge in [-0.2, -0.15) is 4.98 Å². The number of aromatic nitrogens is 2. The highest BCUT2D eigenvalue weighted by Gasteiger charge is 2.15. The fraction of sp³-hybridized carbons (Fsp3) is 0.158. The van der Waals surface area contributed by atoms with Crippen molar-refractivity contribution in [1.82, 2.24) is 9.97 Å². The van der Waals surface area contributed by atoms with Crippen LogP contribution in [0.5, 0.6) is 11.5 Å². The van der Waals surface area contributed by atoms with Gasteiger partial charge in [0.1, 0.15) is 19.0 Å². The number of halogens is 3. The molecule has 0 aliphatic carbocycles. The van der Waals surface area contributed by atoms with Gasteiger partial charge in [0, 0.05) is 23.5 Å². The molecule has 4 rings (SSSR count). The number of hydrogen-bond donors (Lipinski definition) is 2. The molecule has 144 valence electrons. The van der Waals surface area contributed by atoms with E-state index in [0.29, 0.717) is 41.9 Å². The number of fused-ring (bicyclic) bond motifs is 1. The Hall–Kier alpha value is -3.49. The largest absolute Gasteiger partial charge is 0.486 e. The third kappa shape index (κ3) is 3.64. The Morgan fingerprint density at radius 2 is 1.64 bits per heavy atom. The lowest BCUT2D eigenvalue weighted by Crippen LogP contribution is -2.15. The summed E-state index contributed by atoms with van der Waals surface area (Å²) in [5.74, 6) is -2.44. The van der Waals surface area contributed by atoms with E-state index >= 15 is 0 Å². The second-order valence-corrected chi connectivity index (χ2v) is 6.05. The maximum atomic E-state index is 13.9. The summed E-state index contributed by atoms with van der Waals surface area (Å²) in [7, 11) is 0. The molecule has 0 saturated carbocycles. The summed E-state index contributed by atoms with van der Waals surface area (Å²) in [6.45, 7) is 2.70. The summed E-state index contributed by atoms with van der Waals surface area (Å²) >= 11 is 0. The van der Waals surface area contributed by atoms with Crippen LogP contribution in [0.25, 0.3) is 0 Å². The number of nitrogens with zero attached hydrogens (tertiary/aromatic N) is 2. The number of aryl methyl sites for hydroxylation is 1. The number of ether oxygens (including phenoxy) is 2. The van der Waals surface area contributed by atoms with Gasteiger partial charge >= 0.3 is 0 Å². The molecule has 0 fully saturated rings. The van der Waals surface area contributed by atoms with Crippen LogP contribution < -0.4 is 20.1 Å². The van der Waals surface area contributed by atoms with E-state index in [1.165, 1.54) is 0 Å². The zero-order chi connectivity index (χ0) is 19.7. The van der Waals surface area contributed by atoms with Crippen molar-refractivity contribution in [1.29, 1.82) is 0 Å². The highest BCUT2D eigenvalue weighted by Crippen LogP contribution is 2.33. The molecule has 0 amide bonds. The average molecular weight is 388 g/mol. The van der Waals surface area contributed by atoms with E-state index in [2.05, 4.69) is 20.6 Å². The molecule has 2 aromatic carbocycles. The highest BCUT2D eigenvalue weighted by molar-refractivity contribution is 5.63. The quantitative estimate of drug-likeness (QED) is 0.643. The van der Waals surface area contributed by atoms with E-state index in [4.69, 9.17) is 9.47 Å². The van der Waals surface area contributed by atoms with Gasteiger partial charge in [-0.05, 0) is 31.2 Å². The van der Waals surface area contributed by atoms with E-state index in [1.807, 2.05) is 0 Å². The molecule has 0 spiro atoms. The number of hydrogen-bond acceptors (Lipinski definition) is 6. The average Bonchev–Trinajstić information content (AvgIpc) is 2.68. The maximum absolute atomic E-state index is 13.9. The van der Waals surface area contributed by atoms with Crippen LogP contribution in [0.4, 0.5) is 36.3 Å². The number of rotatable bonds is 4. The van der Waals surface area contributed by atoms with E-state index in [-0.39, 0.29) is 11.6 Å². The Morgan fingerprint density at radius 1 is 0.857 bits per heavy atom. The van der Waals surface area contributed by atoms with Gasteiger partial charge in [-0.3, -0.25) is 0 Å². The van der Waals surface area contributed by atoms with Gasteiger partial charge in [0.2, 0.25) is 5.95 Å². The molecule has 0 unspecified atom stereocenters. The van der Waals surface area contributed by atoms with Crippen molar-refractivity contribution in [2.24, 2.45) is 0 Å². The smallest absolute Gasteiger partial charge is 0.229 e. The van der Waals surface area contributed by atoms with Crippen LogP contribution in [0.2, 0.25) is 0 Å². The molecule has 1 aromatic heterocycles. The Morgan fingerprint density at radius 3 is 2.46 bits per heavy atom. The van der Waals surface area contributed by atoms with Crippen LogP contribution in [0.1, 0.15) is 5.69 Å². The summed E-state index contributed by atoms with van der Waals surface area (Å²) in [6.07, 6.45) is 0. The third-order valence-electron chi connectivity index (χ3n) is 3.95. The summed E-state index contributed by atoms with van der Waals surface area (Å²) in [5.41, 5.74) is 1.02. The molecular formula is C19H15F3N4O2. The number of benzene rings is 2. The monoisotopic (exact) mass is 388 g/mol. The van der Waals surface area contributed by atoms with Crippen molar-refractivity contribution < 1.29 is 22.6 Å². The van der Waals surface area contributed by atoms with E-state index in [9.17, 15) is 13.2 Å². The lowest BCUT2D eigenvalue weighted by atomic mass is 10.2. The first kappa shape index (κ1) is 17.9. The number of nitrogens with one attached hydrogen (secondary N) is 2. The maximum Gasteiger partial charge on any atom is 0.229 e. The molecule has 0 bridgehead atoms. The lowest BCUT2D eigenvalue weighted by Gasteiger charge is -2.19. The summed E-state index contributed by atoms with van der Waals surface area (Å²) < 4.78 is 51.4. The standard InChI is InChI=1S/C19H15F3N4O2/c1-10-8-16(24-11-2-5-14-15(9-11)28-7-6-27-14)26-19(23-10)25-13-4-3-12(20)17(21)18(13)22/h2-5,8-9H,6-7H2,1H3,(H2,23,24,25,26). The fourth-order valence-electron chi connectivity index (χ4n) is 2.70. The van der Waals surface area contributed by atoms with Crippen LogP contribution in [0.15, 0.2) is 36.4 Å². The topological polar surface area (TPSA) is 68.3 Å². The van der Waals surface area contributed by atoms with Crippen molar-refractivity contribution in [3.63, 3.8) is 0 Å². The third-order valence-corrected chi connectivity index (χ3v) is 3.95. The number of anilines is 4. The Kier molecular flexibility index (Phi) is 4.64. The molecule has 0 saturated heterocycles. The van der Waals surface area contributed by atoms with Crippen molar-refractivity contribution in [3.05, 3.63) is 59.5 Å². The molecular weight excluding hydrogens is 373 g/mol. The molecule has 3 aromatic rings. The zero-order valence-corrected chi connectivity index (χ0v) is 14.7. The molecule has 28 heavy (non-hydrogen) atoms. The molecule has 1 aliphatic heterocycles. The predicted octanol–water partition coefficient (Wildman–Crippen LogP) is 4.46. The fourth-order valence-corrected chi connectivity index (χ4v) is 2.70. The van der Waals surface area contributed by atoms with Gasteiger partial charge in [-0.15, -0.1) is 0 Å². The van der Waals surface area contributed by atoms with Gasteiger partial charge < -0.3 is 20.1 Å². The van der Waals surface area contributed by atoms with Crippen LogP contribution >= 0.6 is 0 Å². The molecule has 0 atom stereocenters. The van der Waals surface area contributed by atoms with Gasteiger partial charge in [-0.25, -0.2) is 18.2 Å². The normalized spacial score (nSPS) is 12.6. The van der Waals surface area contributed by atoms with Crippen molar-refractivity contribution in [2.75, 3.05) is 23.8 Å². The van der Waals surface area contributed by atoms with E-state index in [0.717, 1.165) is 12.1 Å². The summed E-state index contributed by atoms with van der Waals surface area (Å²) in [4.78, 5) is 8.39. The molecule has 1 aliphatic rings. The van der Waals surface area contributed by atoms with Crippen molar-refractivity contribution >= 4 is 23.1 Å². The predicted molar refractivity (Wildman–Crippen MR) is 97.1 cm³/mol. The second-order valence-electron chi connectivity index (χ2n) is 6.05. The van der Waals surface area contributed by atoms with Crippen molar-refractivity contribution in [3.8, 4) is 11.5 Å².